The lowest BCUT2D eigenvalue weighted by Gasteiger charge is -2.57. The van der Waals surface area contributed by atoms with Crippen molar-refractivity contribution in [2.24, 2.45) is 11.8 Å². The maximum absolute atomic E-state index is 12.2. The molecule has 4 saturated heterocycles. The predicted octanol–water partition coefficient (Wildman–Crippen LogP) is 2.12. The minimum Gasteiger partial charge on any atom is -0.324 e. The molecule has 4 aliphatic heterocycles. The van der Waals surface area contributed by atoms with Gasteiger partial charge >= 0.3 is 6.03 Å². The Morgan fingerprint density at radius 2 is 1.88 bits per heavy atom. The molecule has 4 fully saturated rings. The van der Waals surface area contributed by atoms with Crippen LogP contribution in [0.3, 0.4) is 0 Å². The van der Waals surface area contributed by atoms with Crippen LogP contribution in [0.2, 0.25) is 0 Å². The number of nitrogens with zero attached hydrogens (tertiary/aromatic N) is 2. The number of amides is 2. The summed E-state index contributed by atoms with van der Waals surface area (Å²) in [6, 6.07) is 11.1. The summed E-state index contributed by atoms with van der Waals surface area (Å²) in [5, 5.41) is 0. The van der Waals surface area contributed by atoms with Crippen molar-refractivity contribution in [3.63, 3.8) is 0 Å². The van der Waals surface area contributed by atoms with E-state index < -0.39 is 0 Å². The predicted molar refractivity (Wildman–Crippen MR) is 64.5 cm³/mol. The number of carbonyl (C=O) groups is 1. The third-order valence-corrected chi connectivity index (χ3v) is 4.46. The van der Waals surface area contributed by atoms with Gasteiger partial charge in [-0.3, -0.25) is 0 Å². The van der Waals surface area contributed by atoms with Gasteiger partial charge in [-0.2, -0.15) is 0 Å². The van der Waals surface area contributed by atoms with E-state index in [1.165, 1.54) is 12.0 Å². The van der Waals surface area contributed by atoms with Crippen LogP contribution in [-0.4, -0.2) is 35.5 Å². The van der Waals surface area contributed by atoms with Gasteiger partial charge in [0.05, 0.1) is 6.04 Å². The van der Waals surface area contributed by atoms with Gasteiger partial charge in [0.1, 0.15) is 0 Å². The lowest BCUT2D eigenvalue weighted by Crippen LogP contribution is -2.65. The van der Waals surface area contributed by atoms with Crippen LogP contribution < -0.4 is 0 Å². The number of benzene rings is 1. The first-order valence-corrected chi connectivity index (χ1v) is 6.43. The van der Waals surface area contributed by atoms with Crippen LogP contribution in [0.5, 0.6) is 0 Å². The second-order valence-corrected chi connectivity index (χ2v) is 5.56. The zero-order chi connectivity index (χ0) is 11.4. The highest BCUT2D eigenvalue weighted by atomic mass is 16.2. The highest BCUT2D eigenvalue weighted by molar-refractivity contribution is 5.77. The summed E-state index contributed by atoms with van der Waals surface area (Å²) in [6.07, 6.45) is 1.29. The molecular formula is C14H16N2O. The second-order valence-electron chi connectivity index (χ2n) is 5.56. The fourth-order valence-electron chi connectivity index (χ4n) is 3.89. The van der Waals surface area contributed by atoms with Crippen LogP contribution in [0.15, 0.2) is 30.3 Å². The van der Waals surface area contributed by atoms with Crippen molar-refractivity contribution in [2.75, 3.05) is 19.6 Å². The van der Waals surface area contributed by atoms with E-state index in [1.54, 1.807) is 0 Å². The fourth-order valence-corrected chi connectivity index (χ4v) is 3.89. The number of piperidine rings is 2. The van der Waals surface area contributed by atoms with E-state index in [1.807, 2.05) is 11.0 Å². The van der Waals surface area contributed by atoms with E-state index in [2.05, 4.69) is 29.2 Å². The molecule has 4 heterocycles. The van der Waals surface area contributed by atoms with Gasteiger partial charge in [-0.15, -0.1) is 0 Å². The van der Waals surface area contributed by atoms with Gasteiger partial charge in [-0.1, -0.05) is 30.3 Å². The summed E-state index contributed by atoms with van der Waals surface area (Å²) in [6.45, 7) is 2.92. The van der Waals surface area contributed by atoms with E-state index in [-0.39, 0.29) is 6.03 Å². The van der Waals surface area contributed by atoms with Gasteiger partial charge in [-0.05, 0) is 17.9 Å². The smallest absolute Gasteiger partial charge is 0.320 e. The summed E-state index contributed by atoms with van der Waals surface area (Å²) >= 11 is 0. The number of urea groups is 1. The van der Waals surface area contributed by atoms with E-state index in [9.17, 15) is 4.79 Å². The first kappa shape index (κ1) is 9.51. The zero-order valence-corrected chi connectivity index (χ0v) is 9.75. The molecule has 2 amide bonds. The highest BCUT2D eigenvalue weighted by Crippen LogP contribution is 2.46. The topological polar surface area (TPSA) is 23.6 Å². The van der Waals surface area contributed by atoms with E-state index in [4.69, 9.17) is 0 Å². The number of hydrogen-bond acceptors (Lipinski definition) is 1. The Bertz CT molecular complexity index is 459. The Morgan fingerprint density at radius 3 is 2.71 bits per heavy atom. The summed E-state index contributed by atoms with van der Waals surface area (Å²) in [5.41, 5.74) is 1.31. The van der Waals surface area contributed by atoms with Gasteiger partial charge in [-0.25, -0.2) is 4.79 Å². The van der Waals surface area contributed by atoms with Crippen molar-refractivity contribution >= 4 is 6.03 Å². The second kappa shape index (κ2) is 3.25. The number of carbonyl (C=O) groups excluding carboxylic acids is 1. The van der Waals surface area contributed by atoms with Crippen LogP contribution in [-0.2, 0) is 0 Å². The Labute approximate surface area is 101 Å². The molecule has 3 heteroatoms. The first-order chi connectivity index (χ1) is 8.33. The number of hydrogen-bond donors (Lipinski definition) is 0. The molecule has 0 saturated carbocycles. The van der Waals surface area contributed by atoms with Crippen molar-refractivity contribution in [1.82, 2.24) is 9.80 Å². The minimum absolute atomic E-state index is 0.256. The standard InChI is InChI=1S/C14H16N2O/c17-14-15-7-10-6-12(9-15)13(16(14)8-10)11-4-2-1-3-5-11/h1-5,10,12-13H,6-9H2. The Hall–Kier alpha value is -1.51. The largest absolute Gasteiger partial charge is 0.324 e. The third-order valence-electron chi connectivity index (χ3n) is 4.46. The van der Waals surface area contributed by atoms with Gasteiger partial charge < -0.3 is 9.80 Å². The Kier molecular flexibility index (Phi) is 1.82. The molecule has 0 radical (unpaired) electrons. The van der Waals surface area contributed by atoms with Crippen molar-refractivity contribution in [3.05, 3.63) is 35.9 Å². The maximum atomic E-state index is 12.2. The average Bonchev–Trinajstić information content (AvgIpc) is 2.36. The van der Waals surface area contributed by atoms with Crippen molar-refractivity contribution in [3.8, 4) is 0 Å². The Morgan fingerprint density at radius 1 is 1.06 bits per heavy atom. The van der Waals surface area contributed by atoms with Crippen LogP contribution in [0.4, 0.5) is 4.79 Å². The van der Waals surface area contributed by atoms with Crippen LogP contribution in [0.25, 0.3) is 0 Å². The molecule has 0 aliphatic carbocycles. The van der Waals surface area contributed by atoms with Crippen LogP contribution in [0, 0.1) is 11.8 Å². The lowest BCUT2D eigenvalue weighted by molar-refractivity contribution is -0.0410. The molecule has 0 aromatic heterocycles. The number of rotatable bonds is 1. The van der Waals surface area contributed by atoms with Crippen LogP contribution >= 0.6 is 0 Å². The van der Waals surface area contributed by atoms with Gasteiger partial charge in [0.25, 0.3) is 0 Å². The lowest BCUT2D eigenvalue weighted by atomic mass is 9.75. The fraction of sp³-hybridized carbons (Fsp3) is 0.500. The van der Waals surface area contributed by atoms with Crippen molar-refractivity contribution < 1.29 is 4.79 Å². The zero-order valence-electron chi connectivity index (χ0n) is 9.75. The van der Waals surface area contributed by atoms with Crippen molar-refractivity contribution in [1.29, 1.82) is 0 Å². The monoisotopic (exact) mass is 228 g/mol. The molecule has 1 aromatic rings. The molecular weight excluding hydrogens is 212 g/mol. The van der Waals surface area contributed by atoms with E-state index in [0.717, 1.165) is 19.6 Å². The molecule has 3 unspecified atom stereocenters. The van der Waals surface area contributed by atoms with Gasteiger partial charge in [0.15, 0.2) is 0 Å². The summed E-state index contributed by atoms with van der Waals surface area (Å²) in [7, 11) is 0. The molecule has 1 aromatic carbocycles. The molecule has 3 atom stereocenters. The molecule has 4 aliphatic rings. The maximum Gasteiger partial charge on any atom is 0.320 e. The quantitative estimate of drug-likeness (QED) is 0.722. The minimum atomic E-state index is 0.256. The molecule has 0 spiro atoms. The first-order valence-electron chi connectivity index (χ1n) is 6.43. The van der Waals surface area contributed by atoms with E-state index >= 15 is 0 Å². The third kappa shape index (κ3) is 1.25. The molecule has 4 bridgehead atoms. The molecule has 17 heavy (non-hydrogen) atoms. The van der Waals surface area contributed by atoms with Crippen molar-refractivity contribution in [2.45, 2.75) is 12.5 Å². The Balaban J connectivity index is 1.75. The highest BCUT2D eigenvalue weighted by Gasteiger charge is 2.50. The molecule has 5 rings (SSSR count). The normalized spacial score (nSPS) is 34.6. The average molecular weight is 228 g/mol. The molecule has 88 valence electrons. The SMILES string of the molecule is O=C1N2CC3CC(C2)C(c2ccccc2)N1C3. The molecule has 0 N–H and O–H groups in total. The van der Waals surface area contributed by atoms with Gasteiger partial charge in [0.2, 0.25) is 0 Å². The summed E-state index contributed by atoms with van der Waals surface area (Å²) in [4.78, 5) is 16.4. The van der Waals surface area contributed by atoms with Gasteiger partial charge in [0, 0.05) is 25.6 Å². The van der Waals surface area contributed by atoms with Crippen LogP contribution in [0.1, 0.15) is 18.0 Å². The summed E-state index contributed by atoms with van der Waals surface area (Å²) in [5.74, 6) is 1.36. The van der Waals surface area contributed by atoms with E-state index in [0.29, 0.717) is 17.9 Å². The summed E-state index contributed by atoms with van der Waals surface area (Å²) < 4.78 is 0. The molecule has 3 nitrogen and oxygen atoms in total.